The standard InChI is InChI=1S/C18H22N2O3/c1-11(19-10-15(21)16-5-4-8-23-16)12-6-7-14-13(9-12)18(2,3)17(22)20-14/h4-9,11,15,19,21H,10H2,1-3H3,(H,20,22). The monoisotopic (exact) mass is 314 g/mol. The molecular formula is C18H22N2O3. The minimum Gasteiger partial charge on any atom is -0.467 e. The molecule has 2 heterocycles. The lowest BCUT2D eigenvalue weighted by Crippen LogP contribution is -2.27. The van der Waals surface area contributed by atoms with Gasteiger partial charge in [-0.3, -0.25) is 4.79 Å². The molecule has 0 fully saturated rings. The highest BCUT2D eigenvalue weighted by atomic mass is 16.4. The number of furan rings is 1. The molecule has 0 aliphatic carbocycles. The lowest BCUT2D eigenvalue weighted by Gasteiger charge is -2.20. The van der Waals surface area contributed by atoms with Crippen molar-refractivity contribution < 1.29 is 14.3 Å². The van der Waals surface area contributed by atoms with Gasteiger partial charge in [-0.2, -0.15) is 0 Å². The molecule has 122 valence electrons. The van der Waals surface area contributed by atoms with Crippen LogP contribution < -0.4 is 10.6 Å². The van der Waals surface area contributed by atoms with Crippen molar-refractivity contribution in [1.29, 1.82) is 0 Å². The Kier molecular flexibility index (Phi) is 4.00. The van der Waals surface area contributed by atoms with Crippen molar-refractivity contribution in [3.05, 3.63) is 53.5 Å². The van der Waals surface area contributed by atoms with E-state index in [9.17, 15) is 9.90 Å². The molecule has 1 aromatic heterocycles. The van der Waals surface area contributed by atoms with Crippen LogP contribution in [0.4, 0.5) is 5.69 Å². The number of anilines is 1. The highest BCUT2D eigenvalue weighted by Crippen LogP contribution is 2.38. The van der Waals surface area contributed by atoms with Gasteiger partial charge in [-0.15, -0.1) is 0 Å². The number of carbonyl (C=O) groups excluding carboxylic acids is 1. The van der Waals surface area contributed by atoms with Crippen LogP contribution in [-0.2, 0) is 10.2 Å². The number of carbonyl (C=O) groups is 1. The molecule has 3 rings (SSSR count). The largest absolute Gasteiger partial charge is 0.467 e. The molecule has 5 nitrogen and oxygen atoms in total. The van der Waals surface area contributed by atoms with Gasteiger partial charge in [-0.25, -0.2) is 0 Å². The van der Waals surface area contributed by atoms with Crippen molar-refractivity contribution in [3.63, 3.8) is 0 Å². The van der Waals surface area contributed by atoms with E-state index in [2.05, 4.69) is 16.7 Å². The summed E-state index contributed by atoms with van der Waals surface area (Å²) in [5, 5.41) is 16.3. The normalized spacial score (nSPS) is 18.3. The zero-order valence-corrected chi connectivity index (χ0v) is 13.6. The maximum absolute atomic E-state index is 12.0. The van der Waals surface area contributed by atoms with Crippen molar-refractivity contribution in [2.75, 3.05) is 11.9 Å². The first-order valence-electron chi connectivity index (χ1n) is 7.80. The molecule has 2 unspecified atom stereocenters. The van der Waals surface area contributed by atoms with E-state index in [-0.39, 0.29) is 11.9 Å². The Hall–Kier alpha value is -2.11. The second-order valence-corrected chi connectivity index (χ2v) is 6.55. The summed E-state index contributed by atoms with van der Waals surface area (Å²) in [4.78, 5) is 12.0. The third-order valence-corrected chi connectivity index (χ3v) is 4.52. The third-order valence-electron chi connectivity index (χ3n) is 4.52. The summed E-state index contributed by atoms with van der Waals surface area (Å²) in [7, 11) is 0. The molecule has 23 heavy (non-hydrogen) atoms. The quantitative estimate of drug-likeness (QED) is 0.793. The van der Waals surface area contributed by atoms with Crippen LogP contribution in [-0.4, -0.2) is 17.6 Å². The van der Waals surface area contributed by atoms with Crippen LogP contribution in [0, 0.1) is 0 Å². The number of aliphatic hydroxyl groups excluding tert-OH is 1. The molecule has 2 atom stereocenters. The van der Waals surface area contributed by atoms with Gasteiger partial charge in [0.1, 0.15) is 11.9 Å². The summed E-state index contributed by atoms with van der Waals surface area (Å²) in [5.74, 6) is 0.577. The van der Waals surface area contributed by atoms with E-state index < -0.39 is 11.5 Å². The summed E-state index contributed by atoms with van der Waals surface area (Å²) in [6.07, 6.45) is 0.871. The fourth-order valence-corrected chi connectivity index (χ4v) is 2.85. The van der Waals surface area contributed by atoms with Gasteiger partial charge in [0, 0.05) is 18.3 Å². The van der Waals surface area contributed by atoms with E-state index in [1.54, 1.807) is 18.4 Å². The fraction of sp³-hybridized carbons (Fsp3) is 0.389. The molecule has 1 aliphatic rings. The molecular weight excluding hydrogens is 292 g/mol. The average Bonchev–Trinajstić information content (AvgIpc) is 3.13. The topological polar surface area (TPSA) is 74.5 Å². The van der Waals surface area contributed by atoms with E-state index >= 15 is 0 Å². The average molecular weight is 314 g/mol. The first-order valence-corrected chi connectivity index (χ1v) is 7.80. The number of aliphatic hydroxyl groups is 1. The first kappa shape index (κ1) is 15.8. The fourth-order valence-electron chi connectivity index (χ4n) is 2.85. The lowest BCUT2D eigenvalue weighted by atomic mass is 9.85. The zero-order chi connectivity index (χ0) is 16.6. The van der Waals surface area contributed by atoms with Gasteiger partial charge in [0.25, 0.3) is 0 Å². The Balaban J connectivity index is 1.70. The Bertz CT molecular complexity index is 707. The molecule has 0 bridgehead atoms. The van der Waals surface area contributed by atoms with E-state index in [1.807, 2.05) is 32.9 Å². The van der Waals surface area contributed by atoms with Crippen LogP contribution in [0.1, 0.15) is 49.8 Å². The molecule has 0 radical (unpaired) electrons. The first-order chi connectivity index (χ1) is 10.9. The van der Waals surface area contributed by atoms with Gasteiger partial charge in [-0.05, 0) is 50.1 Å². The number of hydrogen-bond donors (Lipinski definition) is 3. The molecule has 2 aromatic rings. The predicted octanol–water partition coefficient (Wildman–Crippen LogP) is 2.89. The molecule has 1 aliphatic heterocycles. The van der Waals surface area contributed by atoms with Gasteiger partial charge >= 0.3 is 0 Å². The van der Waals surface area contributed by atoms with Crippen molar-refractivity contribution >= 4 is 11.6 Å². The molecule has 0 saturated heterocycles. The van der Waals surface area contributed by atoms with Gasteiger partial charge in [0.15, 0.2) is 0 Å². The molecule has 0 spiro atoms. The van der Waals surface area contributed by atoms with Gasteiger partial charge in [0.2, 0.25) is 5.91 Å². The second-order valence-electron chi connectivity index (χ2n) is 6.55. The highest BCUT2D eigenvalue weighted by Gasteiger charge is 2.38. The Morgan fingerprint density at radius 3 is 2.83 bits per heavy atom. The summed E-state index contributed by atoms with van der Waals surface area (Å²) in [6.45, 7) is 6.29. The molecule has 5 heteroatoms. The van der Waals surface area contributed by atoms with Crippen LogP contribution in [0.3, 0.4) is 0 Å². The maximum Gasteiger partial charge on any atom is 0.234 e. The van der Waals surface area contributed by atoms with Crippen molar-refractivity contribution in [1.82, 2.24) is 5.32 Å². The Labute approximate surface area is 135 Å². The minimum absolute atomic E-state index is 0.0264. The van der Waals surface area contributed by atoms with Crippen LogP contribution in [0.5, 0.6) is 0 Å². The highest BCUT2D eigenvalue weighted by molar-refractivity contribution is 6.05. The van der Waals surface area contributed by atoms with E-state index in [0.29, 0.717) is 12.3 Å². The smallest absolute Gasteiger partial charge is 0.234 e. The van der Waals surface area contributed by atoms with Crippen LogP contribution in [0.15, 0.2) is 41.0 Å². The number of amides is 1. The van der Waals surface area contributed by atoms with Crippen molar-refractivity contribution in [3.8, 4) is 0 Å². The summed E-state index contributed by atoms with van der Waals surface area (Å²) in [6, 6.07) is 9.57. The lowest BCUT2D eigenvalue weighted by molar-refractivity contribution is -0.119. The molecule has 1 amide bonds. The van der Waals surface area contributed by atoms with Gasteiger partial charge in [0.05, 0.1) is 11.7 Å². The molecule has 1 aromatic carbocycles. The number of fused-ring (bicyclic) bond motifs is 1. The van der Waals surface area contributed by atoms with Crippen LogP contribution >= 0.6 is 0 Å². The Morgan fingerprint density at radius 2 is 2.13 bits per heavy atom. The summed E-state index contributed by atoms with van der Waals surface area (Å²) >= 11 is 0. The number of hydrogen-bond acceptors (Lipinski definition) is 4. The molecule has 3 N–H and O–H groups in total. The third kappa shape index (κ3) is 2.90. The Morgan fingerprint density at radius 1 is 1.35 bits per heavy atom. The number of benzene rings is 1. The van der Waals surface area contributed by atoms with Gasteiger partial charge < -0.3 is 20.2 Å². The zero-order valence-electron chi connectivity index (χ0n) is 13.6. The van der Waals surface area contributed by atoms with Crippen molar-refractivity contribution in [2.24, 2.45) is 0 Å². The number of rotatable bonds is 5. The summed E-state index contributed by atoms with van der Waals surface area (Å²) in [5.41, 5.74) is 2.46. The van der Waals surface area contributed by atoms with E-state index in [1.165, 1.54) is 0 Å². The molecule has 0 saturated carbocycles. The van der Waals surface area contributed by atoms with Crippen molar-refractivity contribution in [2.45, 2.75) is 38.3 Å². The van der Waals surface area contributed by atoms with Crippen LogP contribution in [0.2, 0.25) is 0 Å². The summed E-state index contributed by atoms with van der Waals surface area (Å²) < 4.78 is 5.20. The van der Waals surface area contributed by atoms with Gasteiger partial charge in [-0.1, -0.05) is 12.1 Å². The van der Waals surface area contributed by atoms with E-state index in [4.69, 9.17) is 4.42 Å². The maximum atomic E-state index is 12.0. The SMILES string of the molecule is CC(NCC(O)c1ccco1)c1ccc2c(c1)C(C)(C)C(=O)N2. The minimum atomic E-state index is -0.679. The van der Waals surface area contributed by atoms with Crippen LogP contribution in [0.25, 0.3) is 0 Å². The predicted molar refractivity (Wildman–Crippen MR) is 88.2 cm³/mol. The van der Waals surface area contributed by atoms with E-state index in [0.717, 1.165) is 16.8 Å². The number of nitrogens with one attached hydrogen (secondary N) is 2. The second kappa shape index (κ2) is 5.83.